The van der Waals surface area contributed by atoms with E-state index < -0.39 is 0 Å². The molecule has 132 valence electrons. The minimum absolute atomic E-state index is 0.205. The smallest absolute Gasteiger partial charge is 0.147 e. The van der Waals surface area contributed by atoms with Crippen LogP contribution in [0.1, 0.15) is 42.7 Å². The van der Waals surface area contributed by atoms with Gasteiger partial charge in [0.25, 0.3) is 0 Å². The average molecular weight is 345 g/mol. The van der Waals surface area contributed by atoms with Crippen LogP contribution in [0.25, 0.3) is 11.1 Å². The Hall–Kier alpha value is -2.97. The van der Waals surface area contributed by atoms with Crippen molar-refractivity contribution >= 4 is 0 Å². The molecule has 1 N–H and O–H groups in total. The highest BCUT2D eigenvalue weighted by atomic mass is 15.3. The van der Waals surface area contributed by atoms with Crippen molar-refractivity contribution in [3.8, 4) is 17.2 Å². The molecule has 1 atom stereocenters. The summed E-state index contributed by atoms with van der Waals surface area (Å²) in [6.45, 7) is 7.78. The molecule has 0 fully saturated rings. The maximum Gasteiger partial charge on any atom is 0.147 e. The summed E-state index contributed by atoms with van der Waals surface area (Å²) >= 11 is 0. The zero-order chi connectivity index (χ0) is 18.5. The van der Waals surface area contributed by atoms with Gasteiger partial charge in [-0.2, -0.15) is 5.26 Å². The lowest BCUT2D eigenvalue weighted by molar-refractivity contribution is 0.537. The summed E-state index contributed by atoms with van der Waals surface area (Å²) in [6, 6.07) is 18.5. The van der Waals surface area contributed by atoms with Crippen molar-refractivity contribution in [2.75, 3.05) is 0 Å². The first-order chi connectivity index (χ1) is 12.6. The van der Waals surface area contributed by atoms with E-state index in [4.69, 9.17) is 5.26 Å². The number of benzene rings is 2. The Balaban J connectivity index is 1.68. The van der Waals surface area contributed by atoms with Crippen molar-refractivity contribution in [1.29, 1.82) is 5.26 Å². The van der Waals surface area contributed by atoms with E-state index in [-0.39, 0.29) is 6.04 Å². The topological polar surface area (TPSA) is 66.5 Å². The van der Waals surface area contributed by atoms with Gasteiger partial charge in [0.2, 0.25) is 0 Å². The van der Waals surface area contributed by atoms with Gasteiger partial charge in [-0.3, -0.25) is 0 Å². The van der Waals surface area contributed by atoms with Crippen molar-refractivity contribution in [3.63, 3.8) is 0 Å². The molecule has 1 heterocycles. The molecule has 3 aromatic rings. The SMILES string of the molecule is CCn1c(C)nnc1CN[C@H](C)c1ccc(-c2cccc(C#N)c2)cc1. The van der Waals surface area contributed by atoms with E-state index >= 15 is 0 Å². The second-order valence-corrected chi connectivity index (χ2v) is 6.32. The van der Waals surface area contributed by atoms with E-state index in [9.17, 15) is 0 Å². The first-order valence-corrected chi connectivity index (χ1v) is 8.85. The van der Waals surface area contributed by atoms with Crippen LogP contribution in [-0.2, 0) is 13.1 Å². The van der Waals surface area contributed by atoms with E-state index in [0.29, 0.717) is 12.1 Å². The minimum atomic E-state index is 0.205. The molecular formula is C21H23N5. The Morgan fingerprint density at radius 3 is 2.58 bits per heavy atom. The van der Waals surface area contributed by atoms with Crippen LogP contribution in [-0.4, -0.2) is 14.8 Å². The van der Waals surface area contributed by atoms with Gasteiger partial charge in [-0.05, 0) is 49.6 Å². The molecule has 0 saturated heterocycles. The summed E-state index contributed by atoms with van der Waals surface area (Å²) in [4.78, 5) is 0. The number of aryl methyl sites for hydroxylation is 1. The number of nitriles is 1. The molecule has 0 spiro atoms. The average Bonchev–Trinajstić information content (AvgIpc) is 3.05. The summed E-state index contributed by atoms with van der Waals surface area (Å²) in [5, 5.41) is 21.0. The number of rotatable bonds is 6. The van der Waals surface area contributed by atoms with Gasteiger partial charge in [-0.1, -0.05) is 36.4 Å². The van der Waals surface area contributed by atoms with Crippen LogP contribution in [0, 0.1) is 18.3 Å². The molecule has 0 amide bonds. The second kappa shape index (κ2) is 7.94. The highest BCUT2D eigenvalue weighted by molar-refractivity contribution is 5.65. The Kier molecular flexibility index (Phi) is 5.45. The third-order valence-corrected chi connectivity index (χ3v) is 4.63. The Morgan fingerprint density at radius 1 is 1.12 bits per heavy atom. The fourth-order valence-corrected chi connectivity index (χ4v) is 3.06. The molecule has 5 heteroatoms. The Morgan fingerprint density at radius 2 is 1.88 bits per heavy atom. The molecule has 3 rings (SSSR count). The Labute approximate surface area is 154 Å². The van der Waals surface area contributed by atoms with Gasteiger partial charge in [0.15, 0.2) is 0 Å². The van der Waals surface area contributed by atoms with Crippen LogP contribution in [0.2, 0.25) is 0 Å². The van der Waals surface area contributed by atoms with Gasteiger partial charge in [0, 0.05) is 12.6 Å². The van der Waals surface area contributed by atoms with Crippen LogP contribution in [0.15, 0.2) is 48.5 Å². The second-order valence-electron chi connectivity index (χ2n) is 6.32. The number of nitrogens with one attached hydrogen (secondary N) is 1. The zero-order valence-corrected chi connectivity index (χ0v) is 15.4. The summed E-state index contributed by atoms with van der Waals surface area (Å²) in [7, 11) is 0. The number of hydrogen-bond acceptors (Lipinski definition) is 4. The quantitative estimate of drug-likeness (QED) is 0.733. The minimum Gasteiger partial charge on any atom is -0.314 e. The molecule has 1 aromatic heterocycles. The maximum absolute atomic E-state index is 9.05. The molecule has 0 saturated carbocycles. The largest absolute Gasteiger partial charge is 0.314 e. The highest BCUT2D eigenvalue weighted by Crippen LogP contribution is 2.23. The van der Waals surface area contributed by atoms with E-state index in [2.05, 4.69) is 64.3 Å². The van der Waals surface area contributed by atoms with Crippen molar-refractivity contribution in [1.82, 2.24) is 20.1 Å². The monoisotopic (exact) mass is 345 g/mol. The molecule has 5 nitrogen and oxygen atoms in total. The molecular weight excluding hydrogens is 322 g/mol. The number of hydrogen-bond donors (Lipinski definition) is 1. The summed E-state index contributed by atoms with van der Waals surface area (Å²) in [5.74, 6) is 1.91. The van der Waals surface area contributed by atoms with E-state index in [1.807, 2.05) is 31.2 Å². The Bertz CT molecular complexity index is 918. The van der Waals surface area contributed by atoms with Crippen LogP contribution >= 0.6 is 0 Å². The first-order valence-electron chi connectivity index (χ1n) is 8.85. The van der Waals surface area contributed by atoms with Crippen molar-refractivity contribution in [2.24, 2.45) is 0 Å². The van der Waals surface area contributed by atoms with E-state index in [0.717, 1.165) is 29.3 Å². The van der Waals surface area contributed by atoms with Gasteiger partial charge in [-0.15, -0.1) is 10.2 Å². The van der Waals surface area contributed by atoms with Gasteiger partial charge in [-0.25, -0.2) is 0 Å². The van der Waals surface area contributed by atoms with E-state index in [1.54, 1.807) is 0 Å². The normalized spacial score (nSPS) is 11.9. The lowest BCUT2D eigenvalue weighted by Gasteiger charge is -2.15. The summed E-state index contributed by atoms with van der Waals surface area (Å²) in [6.07, 6.45) is 0. The predicted octanol–water partition coefficient (Wildman–Crippen LogP) is 4.00. The third-order valence-electron chi connectivity index (χ3n) is 4.63. The van der Waals surface area contributed by atoms with Gasteiger partial charge < -0.3 is 9.88 Å². The van der Waals surface area contributed by atoms with Crippen LogP contribution < -0.4 is 5.32 Å². The van der Waals surface area contributed by atoms with Gasteiger partial charge in [0.05, 0.1) is 18.2 Å². The van der Waals surface area contributed by atoms with Crippen LogP contribution in [0.3, 0.4) is 0 Å². The molecule has 0 aliphatic carbocycles. The zero-order valence-electron chi connectivity index (χ0n) is 15.4. The maximum atomic E-state index is 9.05. The van der Waals surface area contributed by atoms with Crippen LogP contribution in [0.4, 0.5) is 0 Å². The van der Waals surface area contributed by atoms with Gasteiger partial charge >= 0.3 is 0 Å². The molecule has 0 aliphatic heterocycles. The van der Waals surface area contributed by atoms with Crippen LogP contribution in [0.5, 0.6) is 0 Å². The fraction of sp³-hybridized carbons (Fsp3) is 0.286. The predicted molar refractivity (Wildman–Crippen MR) is 102 cm³/mol. The molecule has 2 aromatic carbocycles. The third kappa shape index (κ3) is 3.81. The fourth-order valence-electron chi connectivity index (χ4n) is 3.06. The van der Waals surface area contributed by atoms with Gasteiger partial charge in [0.1, 0.15) is 11.6 Å². The first kappa shape index (κ1) is 17.8. The highest BCUT2D eigenvalue weighted by Gasteiger charge is 2.10. The van der Waals surface area contributed by atoms with Crippen molar-refractivity contribution in [3.05, 3.63) is 71.3 Å². The summed E-state index contributed by atoms with van der Waals surface area (Å²) < 4.78 is 2.12. The number of aromatic nitrogens is 3. The molecule has 0 aliphatic rings. The molecule has 0 bridgehead atoms. The molecule has 0 radical (unpaired) electrons. The molecule has 0 unspecified atom stereocenters. The molecule has 26 heavy (non-hydrogen) atoms. The number of nitrogens with zero attached hydrogens (tertiary/aromatic N) is 4. The van der Waals surface area contributed by atoms with Crippen molar-refractivity contribution < 1.29 is 0 Å². The summed E-state index contributed by atoms with van der Waals surface area (Å²) in [5.41, 5.74) is 4.06. The van der Waals surface area contributed by atoms with E-state index in [1.165, 1.54) is 5.56 Å². The van der Waals surface area contributed by atoms with Crippen molar-refractivity contribution in [2.45, 2.75) is 39.9 Å². The lowest BCUT2D eigenvalue weighted by atomic mass is 10.00. The standard InChI is InChI=1S/C21H23N5/c1-4-26-16(3)24-25-21(26)14-23-15(2)18-8-10-19(11-9-18)20-7-5-6-17(12-20)13-22/h5-12,15,23H,4,14H2,1-3H3/t15-/m1/s1. The lowest BCUT2D eigenvalue weighted by Crippen LogP contribution is -2.20.